The predicted octanol–water partition coefficient (Wildman–Crippen LogP) is 2.56. The van der Waals surface area contributed by atoms with Crippen molar-refractivity contribution in [3.63, 3.8) is 0 Å². The number of carbonyl (C=O) groups excluding carboxylic acids is 1. The number of nitrogens with one attached hydrogen (secondary N) is 2. The first-order chi connectivity index (χ1) is 9.72. The lowest BCUT2D eigenvalue weighted by atomic mass is 10.1. The average molecular weight is 278 g/mol. The van der Waals surface area contributed by atoms with E-state index in [1.807, 2.05) is 6.20 Å². The van der Waals surface area contributed by atoms with Crippen molar-refractivity contribution in [1.82, 2.24) is 20.2 Å². The van der Waals surface area contributed by atoms with Gasteiger partial charge in [0.05, 0.1) is 0 Å². The van der Waals surface area contributed by atoms with Crippen LogP contribution in [0.5, 0.6) is 0 Å². The van der Waals surface area contributed by atoms with Crippen molar-refractivity contribution in [1.29, 1.82) is 0 Å². The van der Waals surface area contributed by atoms with Crippen molar-refractivity contribution in [2.24, 2.45) is 0 Å². The Hall–Kier alpha value is -1.52. The van der Waals surface area contributed by atoms with Crippen LogP contribution in [0.3, 0.4) is 0 Å². The fourth-order valence-electron chi connectivity index (χ4n) is 3.07. The third kappa shape index (κ3) is 3.74. The van der Waals surface area contributed by atoms with E-state index in [2.05, 4.69) is 27.1 Å². The Morgan fingerprint density at radius 2 is 2.05 bits per heavy atom. The van der Waals surface area contributed by atoms with Gasteiger partial charge >= 0.3 is 6.03 Å². The van der Waals surface area contributed by atoms with Gasteiger partial charge in [0.1, 0.15) is 5.82 Å². The molecule has 5 heteroatoms. The zero-order chi connectivity index (χ0) is 14.4. The van der Waals surface area contributed by atoms with E-state index in [0.29, 0.717) is 12.6 Å². The summed E-state index contributed by atoms with van der Waals surface area (Å²) in [7, 11) is 1.63. The highest BCUT2D eigenvalue weighted by Crippen LogP contribution is 2.29. The van der Waals surface area contributed by atoms with Gasteiger partial charge in [-0.05, 0) is 19.8 Å². The van der Waals surface area contributed by atoms with E-state index < -0.39 is 0 Å². The highest BCUT2D eigenvalue weighted by molar-refractivity contribution is 5.73. The number of hydrogen-bond acceptors (Lipinski definition) is 2. The summed E-state index contributed by atoms with van der Waals surface area (Å²) >= 11 is 0. The summed E-state index contributed by atoms with van der Waals surface area (Å²) in [5.41, 5.74) is 1.24. The first kappa shape index (κ1) is 14.9. The second-order valence-corrected chi connectivity index (χ2v) is 5.59. The molecule has 20 heavy (non-hydrogen) atoms. The number of carbonyl (C=O) groups is 1. The van der Waals surface area contributed by atoms with Crippen LogP contribution in [-0.2, 0) is 6.42 Å². The summed E-state index contributed by atoms with van der Waals surface area (Å²) in [6, 6.07) is 0.462. The molecule has 0 spiro atoms. The molecule has 2 amide bonds. The van der Waals surface area contributed by atoms with Crippen LogP contribution in [0, 0.1) is 6.92 Å². The summed E-state index contributed by atoms with van der Waals surface area (Å²) in [5.74, 6) is 1.10. The van der Waals surface area contributed by atoms with Gasteiger partial charge in [-0.1, -0.05) is 25.7 Å². The number of aryl methyl sites for hydroxylation is 1. The first-order valence-corrected chi connectivity index (χ1v) is 7.70. The summed E-state index contributed by atoms with van der Waals surface area (Å²) in [4.78, 5) is 15.7. The minimum atomic E-state index is -0.130. The van der Waals surface area contributed by atoms with Gasteiger partial charge in [0.25, 0.3) is 0 Å². The second kappa shape index (κ2) is 7.31. The summed E-state index contributed by atoms with van der Waals surface area (Å²) in [5, 5.41) is 5.39. The molecular formula is C15H26N4O. The van der Waals surface area contributed by atoms with Gasteiger partial charge in [-0.25, -0.2) is 9.78 Å². The molecule has 112 valence electrons. The molecule has 1 saturated carbocycles. The average Bonchev–Trinajstić information content (AvgIpc) is 2.68. The molecule has 2 N–H and O–H groups in total. The fourth-order valence-corrected chi connectivity index (χ4v) is 3.07. The van der Waals surface area contributed by atoms with E-state index in [1.165, 1.54) is 44.2 Å². The molecular weight excluding hydrogens is 252 g/mol. The molecule has 0 atom stereocenters. The Kier molecular flexibility index (Phi) is 5.44. The molecule has 1 aliphatic rings. The van der Waals surface area contributed by atoms with Crippen molar-refractivity contribution in [3.8, 4) is 0 Å². The lowest BCUT2D eigenvalue weighted by molar-refractivity contribution is 0.243. The maximum Gasteiger partial charge on any atom is 0.314 e. The Labute approximate surface area is 121 Å². The van der Waals surface area contributed by atoms with Crippen LogP contribution in [0.2, 0.25) is 0 Å². The van der Waals surface area contributed by atoms with Gasteiger partial charge in [0.15, 0.2) is 0 Å². The SMILES string of the molecule is CNC(=O)NCCc1ncc(C)n1C1CCCCCC1. The third-order valence-corrected chi connectivity index (χ3v) is 4.11. The number of imidazole rings is 1. The predicted molar refractivity (Wildman–Crippen MR) is 79.9 cm³/mol. The minimum absolute atomic E-state index is 0.130. The van der Waals surface area contributed by atoms with Gasteiger partial charge in [0.2, 0.25) is 0 Å². The van der Waals surface area contributed by atoms with Crippen molar-refractivity contribution in [2.75, 3.05) is 13.6 Å². The van der Waals surface area contributed by atoms with Gasteiger partial charge in [-0.15, -0.1) is 0 Å². The molecule has 0 unspecified atom stereocenters. The molecule has 1 fully saturated rings. The highest BCUT2D eigenvalue weighted by atomic mass is 16.2. The quantitative estimate of drug-likeness (QED) is 0.832. The molecule has 5 nitrogen and oxygen atoms in total. The summed E-state index contributed by atoms with van der Waals surface area (Å²) in [6.07, 6.45) is 10.6. The molecule has 0 saturated heterocycles. The van der Waals surface area contributed by atoms with Crippen molar-refractivity contribution < 1.29 is 4.79 Å². The summed E-state index contributed by atoms with van der Waals surface area (Å²) in [6.45, 7) is 2.76. The van der Waals surface area contributed by atoms with Gasteiger partial charge < -0.3 is 15.2 Å². The van der Waals surface area contributed by atoms with Gasteiger partial charge in [-0.3, -0.25) is 0 Å². The number of nitrogens with zero attached hydrogens (tertiary/aromatic N) is 2. The smallest absolute Gasteiger partial charge is 0.314 e. The van der Waals surface area contributed by atoms with Crippen LogP contribution < -0.4 is 10.6 Å². The molecule has 0 radical (unpaired) electrons. The van der Waals surface area contributed by atoms with Crippen LogP contribution >= 0.6 is 0 Å². The van der Waals surface area contributed by atoms with Crippen LogP contribution in [-0.4, -0.2) is 29.2 Å². The Morgan fingerprint density at radius 1 is 1.35 bits per heavy atom. The van der Waals surface area contributed by atoms with Crippen LogP contribution in [0.25, 0.3) is 0 Å². The molecule has 1 aromatic rings. The number of hydrogen-bond donors (Lipinski definition) is 2. The van der Waals surface area contributed by atoms with Crippen LogP contribution in [0.1, 0.15) is 56.1 Å². The van der Waals surface area contributed by atoms with E-state index in [0.717, 1.165) is 12.2 Å². The van der Waals surface area contributed by atoms with Gasteiger partial charge in [0, 0.05) is 37.9 Å². The normalized spacial score (nSPS) is 16.7. The Morgan fingerprint density at radius 3 is 2.70 bits per heavy atom. The van der Waals surface area contributed by atoms with E-state index in [1.54, 1.807) is 7.05 Å². The van der Waals surface area contributed by atoms with E-state index in [-0.39, 0.29) is 6.03 Å². The van der Waals surface area contributed by atoms with Crippen molar-refractivity contribution >= 4 is 6.03 Å². The summed E-state index contributed by atoms with van der Waals surface area (Å²) < 4.78 is 2.40. The molecule has 1 aliphatic carbocycles. The highest BCUT2D eigenvalue weighted by Gasteiger charge is 2.18. The first-order valence-electron chi connectivity index (χ1n) is 7.70. The maximum absolute atomic E-state index is 11.2. The van der Waals surface area contributed by atoms with E-state index >= 15 is 0 Å². The lowest BCUT2D eigenvalue weighted by Crippen LogP contribution is -2.34. The molecule has 1 heterocycles. The second-order valence-electron chi connectivity index (χ2n) is 5.59. The monoisotopic (exact) mass is 278 g/mol. The minimum Gasteiger partial charge on any atom is -0.341 e. The number of amides is 2. The third-order valence-electron chi connectivity index (χ3n) is 4.11. The number of urea groups is 1. The van der Waals surface area contributed by atoms with Crippen LogP contribution in [0.15, 0.2) is 6.20 Å². The largest absolute Gasteiger partial charge is 0.341 e. The zero-order valence-corrected chi connectivity index (χ0v) is 12.6. The molecule has 1 aromatic heterocycles. The van der Waals surface area contributed by atoms with Crippen LogP contribution in [0.4, 0.5) is 4.79 Å². The Balaban J connectivity index is 2.00. The van der Waals surface area contributed by atoms with Crippen molar-refractivity contribution in [3.05, 3.63) is 17.7 Å². The van der Waals surface area contributed by atoms with E-state index in [4.69, 9.17) is 0 Å². The lowest BCUT2D eigenvalue weighted by Gasteiger charge is -2.21. The zero-order valence-electron chi connectivity index (χ0n) is 12.6. The molecule has 0 aliphatic heterocycles. The fraction of sp³-hybridized carbons (Fsp3) is 0.733. The molecule has 0 bridgehead atoms. The standard InChI is InChI=1S/C15H26N4O/c1-12-11-18-14(9-10-17-15(20)16-2)19(12)13-7-5-3-4-6-8-13/h11,13H,3-10H2,1-2H3,(H2,16,17,20). The number of aromatic nitrogens is 2. The Bertz CT molecular complexity index is 433. The number of rotatable bonds is 4. The topological polar surface area (TPSA) is 59.0 Å². The van der Waals surface area contributed by atoms with Crippen molar-refractivity contribution in [2.45, 2.75) is 57.9 Å². The van der Waals surface area contributed by atoms with Gasteiger partial charge in [-0.2, -0.15) is 0 Å². The molecule has 2 rings (SSSR count). The van der Waals surface area contributed by atoms with E-state index in [9.17, 15) is 4.79 Å². The maximum atomic E-state index is 11.2. The molecule has 0 aromatic carbocycles.